The third-order valence-electron chi connectivity index (χ3n) is 3.97. The third kappa shape index (κ3) is 3.37. The molecule has 0 bridgehead atoms. The molecular weight excluding hydrogens is 312 g/mol. The van der Waals surface area contributed by atoms with Gasteiger partial charge in [0.05, 0.1) is 11.1 Å². The number of amides is 1. The number of aryl methyl sites for hydroxylation is 1. The quantitative estimate of drug-likeness (QED) is 0.459. The molecule has 2 aromatic rings. The maximum absolute atomic E-state index is 12.2. The number of carbonyl (C=O) groups is 1. The maximum Gasteiger partial charge on any atom is 0.281 e. The van der Waals surface area contributed by atoms with Crippen LogP contribution >= 0.6 is 11.3 Å². The zero-order valence-electron chi connectivity index (χ0n) is 12.7. The van der Waals surface area contributed by atoms with Crippen LogP contribution in [-0.2, 0) is 12.8 Å². The fourth-order valence-corrected chi connectivity index (χ4v) is 3.78. The van der Waals surface area contributed by atoms with Crippen molar-refractivity contribution < 1.29 is 15.0 Å². The van der Waals surface area contributed by atoms with Crippen molar-refractivity contribution in [3.63, 3.8) is 0 Å². The first-order valence-electron chi connectivity index (χ1n) is 7.50. The van der Waals surface area contributed by atoms with Crippen LogP contribution in [0.4, 0.5) is 0 Å². The fraction of sp³-hybridized carbons (Fsp3) is 0.294. The predicted octanol–water partition coefficient (Wildman–Crippen LogP) is 3.05. The molecule has 1 aliphatic rings. The van der Waals surface area contributed by atoms with Crippen molar-refractivity contribution in [1.29, 1.82) is 0 Å². The van der Waals surface area contributed by atoms with Crippen LogP contribution in [0.3, 0.4) is 0 Å². The van der Waals surface area contributed by atoms with E-state index < -0.39 is 0 Å². The highest BCUT2D eigenvalue weighted by atomic mass is 32.1. The minimum atomic E-state index is -0.258. The number of fused-ring (bicyclic) bond motifs is 1. The molecule has 1 aliphatic carbocycles. The summed E-state index contributed by atoms with van der Waals surface area (Å²) in [5.41, 5.74) is 4.07. The van der Waals surface area contributed by atoms with Crippen molar-refractivity contribution in [2.75, 3.05) is 0 Å². The van der Waals surface area contributed by atoms with Crippen molar-refractivity contribution in [2.24, 2.45) is 11.0 Å². The van der Waals surface area contributed by atoms with Crippen LogP contribution in [0.15, 0.2) is 29.4 Å². The molecule has 0 spiro atoms. The van der Waals surface area contributed by atoms with Crippen LogP contribution in [0.5, 0.6) is 11.5 Å². The molecule has 0 aliphatic heterocycles. The Morgan fingerprint density at radius 3 is 3.09 bits per heavy atom. The highest BCUT2D eigenvalue weighted by Crippen LogP contribution is 2.32. The number of aromatic hydroxyl groups is 2. The number of benzene rings is 1. The summed E-state index contributed by atoms with van der Waals surface area (Å²) in [6, 6.07) is 6.51. The lowest BCUT2D eigenvalue weighted by molar-refractivity contribution is 0.0959. The van der Waals surface area contributed by atoms with Crippen LogP contribution < -0.4 is 5.43 Å². The largest absolute Gasteiger partial charge is 0.504 e. The van der Waals surface area contributed by atoms with E-state index in [4.69, 9.17) is 0 Å². The van der Waals surface area contributed by atoms with Gasteiger partial charge in [0.1, 0.15) is 0 Å². The van der Waals surface area contributed by atoms with Gasteiger partial charge in [-0.1, -0.05) is 13.0 Å². The predicted molar refractivity (Wildman–Crippen MR) is 90.3 cm³/mol. The van der Waals surface area contributed by atoms with Crippen molar-refractivity contribution in [3.05, 3.63) is 45.1 Å². The molecule has 1 aromatic carbocycles. The Labute approximate surface area is 138 Å². The standard InChI is InChI=1S/C17H18N2O3S/c1-10-5-6-14-12(7-10)8-15(23-14)17(22)19-18-9-11-3-2-4-13(20)16(11)21/h2-4,8-10,20-21H,5-7H2,1H3,(H,19,22). The number of para-hydroxylation sites is 1. The lowest BCUT2D eigenvalue weighted by Crippen LogP contribution is -2.16. The molecular formula is C17H18N2O3S. The molecule has 0 radical (unpaired) electrons. The van der Waals surface area contributed by atoms with Gasteiger partial charge in [0.15, 0.2) is 11.5 Å². The molecule has 1 unspecified atom stereocenters. The lowest BCUT2D eigenvalue weighted by atomic mass is 9.90. The molecule has 3 N–H and O–H groups in total. The smallest absolute Gasteiger partial charge is 0.281 e. The van der Waals surface area contributed by atoms with Gasteiger partial charge in [-0.2, -0.15) is 5.10 Å². The third-order valence-corrected chi connectivity index (χ3v) is 5.20. The maximum atomic E-state index is 12.2. The Balaban J connectivity index is 1.68. The first-order chi connectivity index (χ1) is 11.0. The Morgan fingerprint density at radius 2 is 2.26 bits per heavy atom. The Morgan fingerprint density at radius 1 is 1.43 bits per heavy atom. The van der Waals surface area contributed by atoms with Crippen LogP contribution in [-0.4, -0.2) is 22.3 Å². The second kappa shape index (κ2) is 6.42. The minimum absolute atomic E-state index is 0.222. The minimum Gasteiger partial charge on any atom is -0.504 e. The van der Waals surface area contributed by atoms with E-state index in [1.54, 1.807) is 12.1 Å². The Kier molecular flexibility index (Phi) is 4.34. The first-order valence-corrected chi connectivity index (χ1v) is 8.32. The number of thiophene rings is 1. The highest BCUT2D eigenvalue weighted by molar-refractivity contribution is 7.14. The molecule has 1 aromatic heterocycles. The molecule has 0 fully saturated rings. The van der Waals surface area contributed by atoms with E-state index in [1.165, 1.54) is 40.5 Å². The summed E-state index contributed by atoms with van der Waals surface area (Å²) < 4.78 is 0. The summed E-state index contributed by atoms with van der Waals surface area (Å²) in [6.07, 6.45) is 4.54. The Bertz CT molecular complexity index is 767. The zero-order chi connectivity index (χ0) is 16.4. The van der Waals surface area contributed by atoms with E-state index in [0.29, 0.717) is 16.4 Å². The second-order valence-corrected chi connectivity index (χ2v) is 6.96. The average molecular weight is 330 g/mol. The van der Waals surface area contributed by atoms with E-state index in [-0.39, 0.29) is 17.4 Å². The van der Waals surface area contributed by atoms with Crippen molar-refractivity contribution in [1.82, 2.24) is 5.43 Å². The van der Waals surface area contributed by atoms with Crippen LogP contribution in [0.25, 0.3) is 0 Å². The number of nitrogens with one attached hydrogen (secondary N) is 1. The second-order valence-electron chi connectivity index (χ2n) is 5.82. The molecule has 1 amide bonds. The first kappa shape index (κ1) is 15.6. The summed E-state index contributed by atoms with van der Waals surface area (Å²) in [6.45, 7) is 2.23. The molecule has 0 saturated heterocycles. The molecule has 120 valence electrons. The van der Waals surface area contributed by atoms with Gasteiger partial charge in [-0.05, 0) is 48.9 Å². The molecule has 1 heterocycles. The van der Waals surface area contributed by atoms with Gasteiger partial charge in [-0.25, -0.2) is 5.43 Å². The van der Waals surface area contributed by atoms with Gasteiger partial charge in [0.25, 0.3) is 5.91 Å². The summed E-state index contributed by atoms with van der Waals surface area (Å²) >= 11 is 1.52. The summed E-state index contributed by atoms with van der Waals surface area (Å²) in [7, 11) is 0. The van der Waals surface area contributed by atoms with Gasteiger partial charge in [-0.15, -0.1) is 11.3 Å². The fourth-order valence-electron chi connectivity index (χ4n) is 2.69. The topological polar surface area (TPSA) is 81.9 Å². The van der Waals surface area contributed by atoms with E-state index in [1.807, 2.05) is 6.07 Å². The normalized spacial score (nSPS) is 17.2. The van der Waals surface area contributed by atoms with Crippen molar-refractivity contribution in [2.45, 2.75) is 26.2 Å². The van der Waals surface area contributed by atoms with E-state index in [0.717, 1.165) is 12.8 Å². The molecule has 1 atom stereocenters. The summed E-state index contributed by atoms with van der Waals surface area (Å²) in [5.74, 6) is -0.0703. The van der Waals surface area contributed by atoms with Gasteiger partial charge < -0.3 is 10.2 Å². The van der Waals surface area contributed by atoms with Crippen LogP contribution in [0, 0.1) is 5.92 Å². The Hall–Kier alpha value is -2.34. The number of phenols is 2. The number of rotatable bonds is 3. The average Bonchev–Trinajstić information content (AvgIpc) is 2.94. The van der Waals surface area contributed by atoms with Gasteiger partial charge in [0, 0.05) is 10.4 Å². The van der Waals surface area contributed by atoms with Gasteiger partial charge >= 0.3 is 0 Å². The highest BCUT2D eigenvalue weighted by Gasteiger charge is 2.20. The van der Waals surface area contributed by atoms with Crippen molar-refractivity contribution in [3.8, 4) is 11.5 Å². The van der Waals surface area contributed by atoms with Crippen molar-refractivity contribution >= 4 is 23.5 Å². The van der Waals surface area contributed by atoms with E-state index >= 15 is 0 Å². The van der Waals surface area contributed by atoms with Crippen LogP contribution in [0.2, 0.25) is 0 Å². The molecule has 0 saturated carbocycles. The van der Waals surface area contributed by atoms with E-state index in [9.17, 15) is 15.0 Å². The molecule has 6 heteroatoms. The van der Waals surface area contributed by atoms with Gasteiger partial charge in [-0.3, -0.25) is 4.79 Å². The number of hydrogen-bond donors (Lipinski definition) is 3. The van der Waals surface area contributed by atoms with Gasteiger partial charge in [0.2, 0.25) is 0 Å². The number of phenolic OH excluding ortho intramolecular Hbond substituents is 2. The number of hydrogen-bond acceptors (Lipinski definition) is 5. The number of nitrogens with zero attached hydrogens (tertiary/aromatic N) is 1. The SMILES string of the molecule is CC1CCc2sc(C(=O)NN=Cc3cccc(O)c3O)cc2C1. The molecule has 3 rings (SSSR count). The summed E-state index contributed by atoms with van der Waals surface area (Å²) in [4.78, 5) is 14.1. The lowest BCUT2D eigenvalue weighted by Gasteiger charge is -2.16. The molecule has 23 heavy (non-hydrogen) atoms. The zero-order valence-corrected chi connectivity index (χ0v) is 13.6. The molecule has 5 nitrogen and oxygen atoms in total. The monoisotopic (exact) mass is 330 g/mol. The number of hydrazone groups is 1. The summed E-state index contributed by atoms with van der Waals surface area (Å²) in [5, 5.41) is 22.9. The van der Waals surface area contributed by atoms with Crippen LogP contribution in [0.1, 0.15) is 39.0 Å². The number of carbonyl (C=O) groups excluding carboxylic acids is 1. The van der Waals surface area contributed by atoms with E-state index in [2.05, 4.69) is 17.5 Å².